The van der Waals surface area contributed by atoms with Crippen LogP contribution in [0.3, 0.4) is 0 Å². The molecule has 0 aliphatic heterocycles. The van der Waals surface area contributed by atoms with Gasteiger partial charge < -0.3 is 0 Å². The molecule has 1 aliphatic rings. The lowest BCUT2D eigenvalue weighted by Gasteiger charge is -2.14. The third kappa shape index (κ3) is 2.17. The van der Waals surface area contributed by atoms with E-state index in [1.54, 1.807) is 6.07 Å². The predicted molar refractivity (Wildman–Crippen MR) is 93.3 cm³/mol. The van der Waals surface area contributed by atoms with Crippen molar-refractivity contribution in [3.63, 3.8) is 0 Å². The molecule has 2 heterocycles. The molecule has 0 bridgehead atoms. The predicted octanol–water partition coefficient (Wildman–Crippen LogP) is 4.39. The summed E-state index contributed by atoms with van der Waals surface area (Å²) in [4.78, 5) is 4.66. The Labute approximate surface area is 141 Å². The maximum Gasteiger partial charge on any atom is 0.126 e. The fraction of sp³-hybridized carbons (Fsp3) is 0.300. The molecular weight excluding hydrogens is 301 g/mol. The molecule has 0 spiro atoms. The van der Waals surface area contributed by atoms with Crippen LogP contribution in [-0.2, 0) is 19.9 Å². The number of nitrogens with zero attached hydrogens (tertiary/aromatic N) is 3. The maximum atomic E-state index is 14.1. The Morgan fingerprint density at radius 1 is 1.04 bits per heavy atom. The lowest BCUT2D eigenvalue weighted by Crippen LogP contribution is -1.97. The Morgan fingerprint density at radius 3 is 2.58 bits per heavy atom. The minimum Gasteiger partial charge on any atom is -0.272 e. The van der Waals surface area contributed by atoms with Gasteiger partial charge >= 0.3 is 0 Å². The number of fused-ring (bicyclic) bond motifs is 1. The van der Waals surface area contributed by atoms with Crippen LogP contribution in [0.4, 0.5) is 4.39 Å². The molecule has 122 valence electrons. The maximum absolute atomic E-state index is 14.1. The van der Waals surface area contributed by atoms with E-state index in [-0.39, 0.29) is 5.82 Å². The minimum absolute atomic E-state index is 0.0783. The lowest BCUT2D eigenvalue weighted by molar-refractivity contribution is 0.613. The topological polar surface area (TPSA) is 30.7 Å². The molecular formula is C20H20FN3. The van der Waals surface area contributed by atoms with Gasteiger partial charge in [0.05, 0.1) is 11.4 Å². The summed E-state index contributed by atoms with van der Waals surface area (Å²) in [6.07, 6.45) is 4.59. The number of benzene rings is 1. The Balaban J connectivity index is 1.98. The summed E-state index contributed by atoms with van der Waals surface area (Å²) in [5, 5.41) is 4.53. The van der Waals surface area contributed by atoms with E-state index in [4.69, 9.17) is 0 Å². The average Bonchev–Trinajstić information content (AvgIpc) is 3.15. The first-order valence-electron chi connectivity index (χ1n) is 8.34. The second-order valence-corrected chi connectivity index (χ2v) is 6.47. The van der Waals surface area contributed by atoms with Gasteiger partial charge in [-0.3, -0.25) is 9.67 Å². The van der Waals surface area contributed by atoms with E-state index >= 15 is 0 Å². The molecule has 1 aliphatic carbocycles. The highest BCUT2D eigenvalue weighted by Gasteiger charge is 2.23. The third-order valence-electron chi connectivity index (χ3n) is 5.07. The Bertz CT molecular complexity index is 940. The minimum atomic E-state index is -0.0783. The van der Waals surface area contributed by atoms with Crippen LogP contribution >= 0.6 is 0 Å². The zero-order valence-electron chi connectivity index (χ0n) is 14.2. The number of hydrogen-bond acceptors (Lipinski definition) is 2. The van der Waals surface area contributed by atoms with Crippen LogP contribution < -0.4 is 0 Å². The number of hydrogen-bond donors (Lipinski definition) is 0. The molecule has 2 aromatic heterocycles. The molecule has 4 rings (SSSR count). The van der Waals surface area contributed by atoms with Gasteiger partial charge in [0.25, 0.3) is 0 Å². The van der Waals surface area contributed by atoms with Gasteiger partial charge in [-0.1, -0.05) is 12.1 Å². The molecule has 3 aromatic rings. The summed E-state index contributed by atoms with van der Waals surface area (Å²) in [6.45, 7) is 4.07. The quantitative estimate of drug-likeness (QED) is 0.700. The normalized spacial score (nSPS) is 13.3. The molecule has 0 saturated carbocycles. The molecule has 0 atom stereocenters. The number of aromatic nitrogens is 3. The standard InChI is InChI=1S/C20H20FN3/c1-12-19(13(2)24(3)23-12)20-17(8-5-11-22-20)15-9-10-18(21)16-7-4-6-14(15)16/h5,8-11H,4,6-7H2,1-3H3. The first-order chi connectivity index (χ1) is 11.6. The SMILES string of the molecule is Cc1nn(C)c(C)c1-c1ncccc1-c1ccc(F)c2c1CCC2. The van der Waals surface area contributed by atoms with E-state index in [2.05, 4.69) is 23.1 Å². The molecule has 4 heteroatoms. The van der Waals surface area contributed by atoms with Crippen molar-refractivity contribution in [2.75, 3.05) is 0 Å². The van der Waals surface area contributed by atoms with E-state index in [1.165, 1.54) is 0 Å². The first-order valence-corrected chi connectivity index (χ1v) is 8.34. The van der Waals surface area contributed by atoms with E-state index < -0.39 is 0 Å². The van der Waals surface area contributed by atoms with Crippen molar-refractivity contribution in [2.45, 2.75) is 33.1 Å². The fourth-order valence-corrected chi connectivity index (χ4v) is 3.85. The first kappa shape index (κ1) is 15.1. The molecule has 0 N–H and O–H groups in total. The number of rotatable bonds is 2. The summed E-state index contributed by atoms with van der Waals surface area (Å²) >= 11 is 0. The largest absolute Gasteiger partial charge is 0.272 e. The summed E-state index contributed by atoms with van der Waals surface area (Å²) in [5.74, 6) is -0.0783. The van der Waals surface area contributed by atoms with Gasteiger partial charge in [-0.25, -0.2) is 4.39 Å². The van der Waals surface area contributed by atoms with Crippen LogP contribution in [-0.4, -0.2) is 14.8 Å². The molecule has 24 heavy (non-hydrogen) atoms. The summed E-state index contributed by atoms with van der Waals surface area (Å²) in [6, 6.07) is 7.53. The van der Waals surface area contributed by atoms with Gasteiger partial charge in [0.15, 0.2) is 0 Å². The van der Waals surface area contributed by atoms with Crippen molar-refractivity contribution in [3.05, 3.63) is 58.8 Å². The van der Waals surface area contributed by atoms with Crippen molar-refractivity contribution in [3.8, 4) is 22.4 Å². The van der Waals surface area contributed by atoms with Gasteiger partial charge in [0.2, 0.25) is 0 Å². The van der Waals surface area contributed by atoms with Gasteiger partial charge in [0, 0.05) is 30.1 Å². The zero-order chi connectivity index (χ0) is 16.8. The molecule has 0 saturated heterocycles. The van der Waals surface area contributed by atoms with Crippen molar-refractivity contribution in [2.24, 2.45) is 7.05 Å². The van der Waals surface area contributed by atoms with Crippen molar-refractivity contribution >= 4 is 0 Å². The average molecular weight is 321 g/mol. The highest BCUT2D eigenvalue weighted by atomic mass is 19.1. The summed E-state index contributed by atoms with van der Waals surface area (Å²) in [5.41, 5.74) is 8.25. The van der Waals surface area contributed by atoms with E-state index in [9.17, 15) is 4.39 Å². The van der Waals surface area contributed by atoms with Crippen molar-refractivity contribution in [1.29, 1.82) is 0 Å². The van der Waals surface area contributed by atoms with Crippen LogP contribution in [0.2, 0.25) is 0 Å². The zero-order valence-corrected chi connectivity index (χ0v) is 14.2. The molecule has 1 aromatic carbocycles. The van der Waals surface area contributed by atoms with Crippen molar-refractivity contribution < 1.29 is 4.39 Å². The molecule has 0 amide bonds. The van der Waals surface area contributed by atoms with Crippen LogP contribution in [0.15, 0.2) is 30.5 Å². The van der Waals surface area contributed by atoms with E-state index in [1.807, 2.05) is 37.0 Å². The molecule has 0 fully saturated rings. The highest BCUT2D eigenvalue weighted by Crippen LogP contribution is 2.39. The monoisotopic (exact) mass is 321 g/mol. The second kappa shape index (κ2) is 5.55. The van der Waals surface area contributed by atoms with Crippen LogP contribution in [0.25, 0.3) is 22.4 Å². The third-order valence-corrected chi connectivity index (χ3v) is 5.07. The van der Waals surface area contributed by atoms with E-state index in [0.29, 0.717) is 0 Å². The fourth-order valence-electron chi connectivity index (χ4n) is 3.85. The summed E-state index contributed by atoms with van der Waals surface area (Å²) in [7, 11) is 1.95. The van der Waals surface area contributed by atoms with Crippen LogP contribution in [0.5, 0.6) is 0 Å². The molecule has 3 nitrogen and oxygen atoms in total. The van der Waals surface area contributed by atoms with Gasteiger partial charge in [0.1, 0.15) is 5.82 Å². The molecule has 0 radical (unpaired) electrons. The number of aryl methyl sites for hydroxylation is 2. The second-order valence-electron chi connectivity index (χ2n) is 6.47. The number of halogens is 1. The highest BCUT2D eigenvalue weighted by molar-refractivity contribution is 5.84. The lowest BCUT2D eigenvalue weighted by atomic mass is 9.93. The van der Waals surface area contributed by atoms with E-state index in [0.717, 1.165) is 64.2 Å². The summed E-state index contributed by atoms with van der Waals surface area (Å²) < 4.78 is 16.0. The Hall–Kier alpha value is -2.49. The van der Waals surface area contributed by atoms with Crippen LogP contribution in [0, 0.1) is 19.7 Å². The number of pyridine rings is 1. The van der Waals surface area contributed by atoms with Crippen molar-refractivity contribution in [1.82, 2.24) is 14.8 Å². The van der Waals surface area contributed by atoms with Gasteiger partial charge in [-0.05, 0) is 61.9 Å². The van der Waals surface area contributed by atoms with Gasteiger partial charge in [-0.2, -0.15) is 5.10 Å². The van der Waals surface area contributed by atoms with Crippen LogP contribution in [0.1, 0.15) is 28.9 Å². The Kier molecular flexibility index (Phi) is 3.48. The molecule has 0 unspecified atom stereocenters. The van der Waals surface area contributed by atoms with Gasteiger partial charge in [-0.15, -0.1) is 0 Å². The smallest absolute Gasteiger partial charge is 0.126 e. The Morgan fingerprint density at radius 2 is 1.83 bits per heavy atom.